The minimum absolute atomic E-state index is 0.0856. The number of benzene rings is 2. The highest BCUT2D eigenvalue weighted by atomic mass is 32.2. The molecule has 0 aromatic heterocycles. The molecule has 0 saturated heterocycles. The van der Waals surface area contributed by atoms with Gasteiger partial charge < -0.3 is 4.74 Å². The van der Waals surface area contributed by atoms with Crippen molar-refractivity contribution in [2.45, 2.75) is 85.3 Å². The van der Waals surface area contributed by atoms with Gasteiger partial charge in [-0.05, 0) is 65.8 Å². The number of anilines is 1. The highest BCUT2D eigenvalue weighted by Crippen LogP contribution is 2.38. The molecule has 183 valence electrons. The molecule has 2 aromatic carbocycles. The predicted molar refractivity (Wildman–Crippen MR) is 140 cm³/mol. The van der Waals surface area contributed by atoms with Gasteiger partial charge in [0.15, 0.2) is 0 Å². The van der Waals surface area contributed by atoms with Gasteiger partial charge in [-0.1, -0.05) is 79.2 Å². The maximum atomic E-state index is 13.1. The maximum Gasteiger partial charge on any atom is 0.237 e. The molecule has 5 heteroatoms. The van der Waals surface area contributed by atoms with E-state index in [0.717, 1.165) is 36.8 Å². The van der Waals surface area contributed by atoms with E-state index < -0.39 is 10.0 Å². The van der Waals surface area contributed by atoms with Crippen molar-refractivity contribution in [2.75, 3.05) is 11.3 Å². The SMILES string of the molecule is CC[CH]c1ccc(NS(=O)(=O)Cc2cc(C(C)(C)CC(C)(C)C)ccc2OCCCC)cc1. The third-order valence-corrected chi connectivity index (χ3v) is 6.78. The van der Waals surface area contributed by atoms with E-state index in [1.165, 1.54) is 0 Å². The first kappa shape index (κ1) is 27.2. The molecule has 0 heterocycles. The number of nitrogens with one attached hydrogen (secondary N) is 1. The van der Waals surface area contributed by atoms with Gasteiger partial charge in [-0.15, -0.1) is 0 Å². The predicted octanol–water partition coefficient (Wildman–Crippen LogP) is 7.48. The van der Waals surface area contributed by atoms with E-state index in [4.69, 9.17) is 4.74 Å². The number of sulfonamides is 1. The molecule has 0 aliphatic heterocycles. The van der Waals surface area contributed by atoms with Gasteiger partial charge in [-0.25, -0.2) is 8.42 Å². The number of hydrogen-bond acceptors (Lipinski definition) is 3. The van der Waals surface area contributed by atoms with Crippen LogP contribution < -0.4 is 9.46 Å². The molecule has 0 amide bonds. The van der Waals surface area contributed by atoms with Gasteiger partial charge in [0.05, 0.1) is 12.4 Å². The largest absolute Gasteiger partial charge is 0.493 e. The van der Waals surface area contributed by atoms with Crippen molar-refractivity contribution in [2.24, 2.45) is 5.41 Å². The Morgan fingerprint density at radius 3 is 2.21 bits per heavy atom. The average molecular weight is 473 g/mol. The van der Waals surface area contributed by atoms with Gasteiger partial charge in [-0.2, -0.15) is 0 Å². The average Bonchev–Trinajstić information content (AvgIpc) is 2.68. The summed E-state index contributed by atoms with van der Waals surface area (Å²) in [6.45, 7) is 15.9. The normalized spacial score (nSPS) is 12.6. The van der Waals surface area contributed by atoms with Gasteiger partial charge in [0, 0.05) is 11.3 Å². The van der Waals surface area contributed by atoms with Crippen LogP contribution in [0.2, 0.25) is 0 Å². The fraction of sp³-hybridized carbons (Fsp3) is 0.536. The van der Waals surface area contributed by atoms with Crippen LogP contribution in [0, 0.1) is 11.8 Å². The highest BCUT2D eigenvalue weighted by Gasteiger charge is 2.28. The molecule has 0 aliphatic rings. The van der Waals surface area contributed by atoms with Gasteiger partial charge in [0.1, 0.15) is 5.75 Å². The number of ether oxygens (including phenoxy) is 1. The van der Waals surface area contributed by atoms with Gasteiger partial charge in [0.25, 0.3) is 0 Å². The summed E-state index contributed by atoms with van der Waals surface area (Å²) in [5.41, 5.74) is 3.56. The van der Waals surface area contributed by atoms with E-state index in [-0.39, 0.29) is 16.6 Å². The van der Waals surface area contributed by atoms with Gasteiger partial charge in [0.2, 0.25) is 10.0 Å². The third kappa shape index (κ3) is 9.04. The molecule has 2 rings (SSSR count). The monoisotopic (exact) mass is 472 g/mol. The number of unbranched alkanes of at least 4 members (excludes halogenated alkanes) is 1. The van der Waals surface area contributed by atoms with Crippen molar-refractivity contribution in [3.8, 4) is 5.75 Å². The van der Waals surface area contributed by atoms with E-state index in [2.05, 4.69) is 65.7 Å². The molecule has 1 radical (unpaired) electrons. The summed E-state index contributed by atoms with van der Waals surface area (Å²) in [6, 6.07) is 13.5. The first-order valence-corrected chi connectivity index (χ1v) is 13.7. The molecule has 0 aliphatic carbocycles. The standard InChI is InChI=1S/C28H42NO3S/c1-8-10-18-32-26-17-14-24(28(6,7)21-27(3,4)5)19-23(26)20-33(30,31)29-25-15-12-22(11-9-2)13-16-25/h11-17,19,29H,8-10,18,20-21H2,1-7H3. The van der Waals surface area contributed by atoms with Crippen molar-refractivity contribution in [3.63, 3.8) is 0 Å². The lowest BCUT2D eigenvalue weighted by Crippen LogP contribution is -2.25. The second kappa shape index (κ2) is 11.4. The Morgan fingerprint density at radius 2 is 1.64 bits per heavy atom. The fourth-order valence-corrected chi connectivity index (χ4v) is 5.55. The summed E-state index contributed by atoms with van der Waals surface area (Å²) in [5.74, 6) is 0.522. The molecule has 2 aromatic rings. The summed E-state index contributed by atoms with van der Waals surface area (Å²) in [6.07, 6.45) is 5.98. The number of hydrogen-bond donors (Lipinski definition) is 1. The Balaban J connectivity index is 2.31. The Hall–Kier alpha value is -2.01. The Bertz CT molecular complexity index is 987. The molecule has 33 heavy (non-hydrogen) atoms. The van der Waals surface area contributed by atoms with Crippen molar-refractivity contribution in [1.82, 2.24) is 0 Å². The number of rotatable bonds is 12. The first-order valence-electron chi connectivity index (χ1n) is 12.1. The van der Waals surface area contributed by atoms with Gasteiger partial charge in [-0.3, -0.25) is 4.72 Å². The molecule has 0 atom stereocenters. The van der Waals surface area contributed by atoms with E-state index in [0.29, 0.717) is 23.6 Å². The lowest BCUT2D eigenvalue weighted by molar-refractivity contribution is 0.283. The van der Waals surface area contributed by atoms with E-state index in [9.17, 15) is 8.42 Å². The Morgan fingerprint density at radius 1 is 0.970 bits per heavy atom. The van der Waals surface area contributed by atoms with Crippen LogP contribution in [0.5, 0.6) is 5.75 Å². The zero-order valence-corrected chi connectivity index (χ0v) is 22.3. The van der Waals surface area contributed by atoms with Crippen LogP contribution in [0.4, 0.5) is 5.69 Å². The van der Waals surface area contributed by atoms with Crippen LogP contribution in [0.1, 0.15) is 90.8 Å². The first-order chi connectivity index (χ1) is 15.3. The Labute approximate surface area is 202 Å². The lowest BCUT2D eigenvalue weighted by Gasteiger charge is -2.33. The van der Waals surface area contributed by atoms with Crippen LogP contribution >= 0.6 is 0 Å². The lowest BCUT2D eigenvalue weighted by atomic mass is 9.72. The van der Waals surface area contributed by atoms with Crippen molar-refractivity contribution in [3.05, 3.63) is 65.6 Å². The van der Waals surface area contributed by atoms with Crippen LogP contribution in [0.25, 0.3) is 0 Å². The van der Waals surface area contributed by atoms with Crippen molar-refractivity contribution >= 4 is 15.7 Å². The van der Waals surface area contributed by atoms with Crippen molar-refractivity contribution < 1.29 is 13.2 Å². The fourth-order valence-electron chi connectivity index (χ4n) is 4.35. The topological polar surface area (TPSA) is 55.4 Å². The molecule has 4 nitrogen and oxygen atoms in total. The second-order valence-electron chi connectivity index (χ2n) is 10.7. The maximum absolute atomic E-state index is 13.1. The van der Waals surface area contributed by atoms with Crippen LogP contribution in [0.15, 0.2) is 42.5 Å². The minimum Gasteiger partial charge on any atom is -0.493 e. The summed E-state index contributed by atoms with van der Waals surface area (Å²) >= 11 is 0. The molecule has 0 fully saturated rings. The van der Waals surface area contributed by atoms with Gasteiger partial charge >= 0.3 is 0 Å². The van der Waals surface area contributed by atoms with Crippen molar-refractivity contribution in [1.29, 1.82) is 0 Å². The summed E-state index contributed by atoms with van der Waals surface area (Å²) < 4.78 is 34.9. The van der Waals surface area contributed by atoms with Crippen LogP contribution in [-0.2, 0) is 21.2 Å². The molecule has 0 spiro atoms. The zero-order chi connectivity index (χ0) is 24.7. The molecular formula is C28H42NO3S. The quantitative estimate of drug-likeness (QED) is 0.326. The summed E-state index contributed by atoms with van der Waals surface area (Å²) in [7, 11) is -3.60. The van der Waals surface area contributed by atoms with E-state index in [1.54, 1.807) is 12.1 Å². The van der Waals surface area contributed by atoms with E-state index >= 15 is 0 Å². The summed E-state index contributed by atoms with van der Waals surface area (Å²) in [5, 5.41) is 0. The van der Waals surface area contributed by atoms with E-state index in [1.807, 2.05) is 24.3 Å². The zero-order valence-electron chi connectivity index (χ0n) is 21.5. The van der Waals surface area contributed by atoms with Crippen LogP contribution in [0.3, 0.4) is 0 Å². The minimum atomic E-state index is -3.60. The molecule has 0 unspecified atom stereocenters. The molecule has 1 N–H and O–H groups in total. The highest BCUT2D eigenvalue weighted by molar-refractivity contribution is 7.91. The molecule has 0 saturated carbocycles. The summed E-state index contributed by atoms with van der Waals surface area (Å²) in [4.78, 5) is 0. The molecular weight excluding hydrogens is 430 g/mol. The van der Waals surface area contributed by atoms with Crippen LogP contribution in [-0.4, -0.2) is 15.0 Å². The second-order valence-corrected chi connectivity index (χ2v) is 12.5. The third-order valence-electron chi connectivity index (χ3n) is 5.54. The smallest absolute Gasteiger partial charge is 0.237 e. The molecule has 0 bridgehead atoms. The Kier molecular flexibility index (Phi) is 9.42.